The van der Waals surface area contributed by atoms with Gasteiger partial charge in [-0.1, -0.05) is 18.2 Å². The van der Waals surface area contributed by atoms with Gasteiger partial charge in [-0.05, 0) is 66.9 Å². The fourth-order valence-electron chi connectivity index (χ4n) is 2.64. The van der Waals surface area contributed by atoms with E-state index in [4.69, 9.17) is 0 Å². The van der Waals surface area contributed by atoms with E-state index in [9.17, 15) is 9.59 Å². The molecular formula is C22H21N3O2. The lowest BCUT2D eigenvalue weighted by Gasteiger charge is -2.11. The Morgan fingerprint density at radius 1 is 0.889 bits per heavy atom. The second-order valence-electron chi connectivity index (χ2n) is 6.32. The first-order chi connectivity index (χ1) is 13.0. The topological polar surface area (TPSA) is 71.1 Å². The SMILES string of the molecule is Cc1cccc(NC(=O)c2ccc(C(=O)NCc3cccnc3)cc2)c1C. The second kappa shape index (κ2) is 8.27. The third kappa shape index (κ3) is 4.58. The molecule has 1 aromatic heterocycles. The van der Waals surface area contributed by atoms with Crippen molar-refractivity contribution in [3.63, 3.8) is 0 Å². The molecule has 0 spiro atoms. The van der Waals surface area contributed by atoms with Crippen LogP contribution in [0.2, 0.25) is 0 Å². The average Bonchev–Trinajstić information content (AvgIpc) is 2.70. The molecule has 0 bridgehead atoms. The van der Waals surface area contributed by atoms with Gasteiger partial charge in [0.1, 0.15) is 0 Å². The summed E-state index contributed by atoms with van der Waals surface area (Å²) in [5.74, 6) is -0.397. The van der Waals surface area contributed by atoms with Gasteiger partial charge in [0, 0.05) is 35.8 Å². The summed E-state index contributed by atoms with van der Waals surface area (Å²) >= 11 is 0. The average molecular weight is 359 g/mol. The van der Waals surface area contributed by atoms with E-state index in [1.54, 1.807) is 36.7 Å². The minimum absolute atomic E-state index is 0.194. The molecule has 0 aliphatic rings. The van der Waals surface area contributed by atoms with E-state index in [1.165, 1.54) is 0 Å². The molecule has 0 aliphatic carbocycles. The van der Waals surface area contributed by atoms with E-state index in [0.29, 0.717) is 17.7 Å². The van der Waals surface area contributed by atoms with Crippen LogP contribution in [0.1, 0.15) is 37.4 Å². The van der Waals surface area contributed by atoms with Crippen molar-refractivity contribution < 1.29 is 9.59 Å². The zero-order valence-electron chi connectivity index (χ0n) is 15.3. The highest BCUT2D eigenvalue weighted by Crippen LogP contribution is 2.19. The van der Waals surface area contributed by atoms with Crippen LogP contribution < -0.4 is 10.6 Å². The quantitative estimate of drug-likeness (QED) is 0.726. The summed E-state index contributed by atoms with van der Waals surface area (Å²) < 4.78 is 0. The number of benzene rings is 2. The first-order valence-electron chi connectivity index (χ1n) is 8.69. The van der Waals surface area contributed by atoms with E-state index in [-0.39, 0.29) is 11.8 Å². The van der Waals surface area contributed by atoms with Gasteiger partial charge >= 0.3 is 0 Å². The van der Waals surface area contributed by atoms with Gasteiger partial charge in [0.2, 0.25) is 0 Å². The number of nitrogens with zero attached hydrogens (tertiary/aromatic N) is 1. The van der Waals surface area contributed by atoms with Crippen LogP contribution in [0.25, 0.3) is 0 Å². The zero-order chi connectivity index (χ0) is 19.2. The highest BCUT2D eigenvalue weighted by molar-refractivity contribution is 6.05. The maximum Gasteiger partial charge on any atom is 0.255 e. The van der Waals surface area contributed by atoms with Crippen LogP contribution >= 0.6 is 0 Å². The highest BCUT2D eigenvalue weighted by atomic mass is 16.2. The lowest BCUT2D eigenvalue weighted by Crippen LogP contribution is -2.23. The van der Waals surface area contributed by atoms with E-state index >= 15 is 0 Å². The molecular weight excluding hydrogens is 338 g/mol. The third-order valence-electron chi connectivity index (χ3n) is 4.44. The van der Waals surface area contributed by atoms with Crippen LogP contribution in [-0.2, 0) is 6.54 Å². The van der Waals surface area contributed by atoms with Crippen LogP contribution in [0.15, 0.2) is 67.0 Å². The molecule has 27 heavy (non-hydrogen) atoms. The van der Waals surface area contributed by atoms with Gasteiger partial charge in [-0.15, -0.1) is 0 Å². The van der Waals surface area contributed by atoms with Crippen molar-refractivity contribution in [3.8, 4) is 0 Å². The van der Waals surface area contributed by atoms with Crippen molar-refractivity contribution in [3.05, 3.63) is 94.8 Å². The third-order valence-corrected chi connectivity index (χ3v) is 4.44. The van der Waals surface area contributed by atoms with Crippen LogP contribution in [-0.4, -0.2) is 16.8 Å². The van der Waals surface area contributed by atoms with Crippen molar-refractivity contribution in [2.24, 2.45) is 0 Å². The number of carbonyl (C=O) groups is 2. The molecule has 0 atom stereocenters. The van der Waals surface area contributed by atoms with Crippen LogP contribution in [0.3, 0.4) is 0 Å². The molecule has 0 saturated heterocycles. The smallest absolute Gasteiger partial charge is 0.255 e. The number of carbonyl (C=O) groups excluding carboxylic acids is 2. The summed E-state index contributed by atoms with van der Waals surface area (Å²) in [7, 11) is 0. The summed E-state index contributed by atoms with van der Waals surface area (Å²) in [6.07, 6.45) is 3.40. The zero-order valence-corrected chi connectivity index (χ0v) is 15.3. The number of aromatic nitrogens is 1. The molecule has 5 nitrogen and oxygen atoms in total. The van der Waals surface area contributed by atoms with Crippen molar-refractivity contribution in [2.45, 2.75) is 20.4 Å². The van der Waals surface area contributed by atoms with Gasteiger partial charge in [-0.2, -0.15) is 0 Å². The van der Waals surface area contributed by atoms with Gasteiger partial charge in [0.15, 0.2) is 0 Å². The summed E-state index contributed by atoms with van der Waals surface area (Å²) in [4.78, 5) is 28.7. The molecule has 1 heterocycles. The summed E-state index contributed by atoms with van der Waals surface area (Å²) in [6.45, 7) is 4.38. The number of nitrogens with one attached hydrogen (secondary N) is 2. The fourth-order valence-corrected chi connectivity index (χ4v) is 2.64. The summed E-state index contributed by atoms with van der Waals surface area (Å²) in [5, 5.41) is 5.75. The summed E-state index contributed by atoms with van der Waals surface area (Å²) in [5.41, 5.74) is 4.88. The monoisotopic (exact) mass is 359 g/mol. The molecule has 3 rings (SSSR count). The molecule has 2 amide bonds. The van der Waals surface area contributed by atoms with Crippen LogP contribution in [0.5, 0.6) is 0 Å². The van der Waals surface area contributed by atoms with E-state index < -0.39 is 0 Å². The van der Waals surface area contributed by atoms with Gasteiger partial charge in [0.05, 0.1) is 0 Å². The van der Waals surface area contributed by atoms with Gasteiger partial charge in [-0.3, -0.25) is 14.6 Å². The molecule has 136 valence electrons. The molecule has 0 unspecified atom stereocenters. The van der Waals surface area contributed by atoms with Gasteiger partial charge in [0.25, 0.3) is 11.8 Å². The van der Waals surface area contributed by atoms with E-state index in [1.807, 2.05) is 44.2 Å². The number of amides is 2. The normalized spacial score (nSPS) is 10.3. The van der Waals surface area contributed by atoms with E-state index in [2.05, 4.69) is 15.6 Å². The number of anilines is 1. The van der Waals surface area contributed by atoms with Crippen molar-refractivity contribution in [1.29, 1.82) is 0 Å². The van der Waals surface area contributed by atoms with Crippen molar-refractivity contribution >= 4 is 17.5 Å². The lowest BCUT2D eigenvalue weighted by atomic mass is 10.1. The van der Waals surface area contributed by atoms with Crippen LogP contribution in [0, 0.1) is 13.8 Å². The van der Waals surface area contributed by atoms with Crippen molar-refractivity contribution in [2.75, 3.05) is 5.32 Å². The maximum absolute atomic E-state index is 12.5. The predicted molar refractivity (Wildman–Crippen MR) is 106 cm³/mol. The standard InChI is InChI=1S/C22H21N3O2/c1-15-5-3-7-20(16(15)2)25-22(27)19-10-8-18(9-11-19)21(26)24-14-17-6-4-12-23-13-17/h3-13H,14H2,1-2H3,(H,24,26)(H,25,27). The number of pyridine rings is 1. The largest absolute Gasteiger partial charge is 0.348 e. The Labute approximate surface area is 158 Å². The van der Waals surface area contributed by atoms with Crippen molar-refractivity contribution in [1.82, 2.24) is 10.3 Å². The first kappa shape index (κ1) is 18.3. The molecule has 0 aliphatic heterocycles. The molecule has 0 radical (unpaired) electrons. The second-order valence-corrected chi connectivity index (χ2v) is 6.32. The Bertz CT molecular complexity index is 951. The molecule has 2 aromatic carbocycles. The number of hydrogen-bond donors (Lipinski definition) is 2. The molecule has 0 saturated carbocycles. The molecule has 5 heteroatoms. The Morgan fingerprint density at radius 2 is 1.59 bits per heavy atom. The highest BCUT2D eigenvalue weighted by Gasteiger charge is 2.10. The number of hydrogen-bond acceptors (Lipinski definition) is 3. The maximum atomic E-state index is 12.5. The van der Waals surface area contributed by atoms with Gasteiger partial charge in [-0.25, -0.2) is 0 Å². The minimum atomic E-state index is -0.203. The molecule has 3 aromatic rings. The van der Waals surface area contributed by atoms with E-state index in [0.717, 1.165) is 22.4 Å². The molecule has 0 fully saturated rings. The first-order valence-corrected chi connectivity index (χ1v) is 8.69. The Hall–Kier alpha value is -3.47. The number of rotatable bonds is 5. The predicted octanol–water partition coefficient (Wildman–Crippen LogP) is 3.88. The summed E-state index contributed by atoms with van der Waals surface area (Å²) in [6, 6.07) is 16.1. The Kier molecular flexibility index (Phi) is 5.61. The Morgan fingerprint density at radius 3 is 2.26 bits per heavy atom. The number of aryl methyl sites for hydroxylation is 1. The van der Waals surface area contributed by atoms with Gasteiger partial charge < -0.3 is 10.6 Å². The molecule has 2 N–H and O–H groups in total. The lowest BCUT2D eigenvalue weighted by molar-refractivity contribution is 0.0949. The Balaban J connectivity index is 1.63. The fraction of sp³-hybridized carbons (Fsp3) is 0.136. The minimum Gasteiger partial charge on any atom is -0.348 e. The van der Waals surface area contributed by atoms with Crippen LogP contribution in [0.4, 0.5) is 5.69 Å².